The molecular weight excluding hydrogens is 278 g/mol. The van der Waals surface area contributed by atoms with Gasteiger partial charge in [-0.25, -0.2) is 0 Å². The highest BCUT2D eigenvalue weighted by Gasteiger charge is 2.30. The summed E-state index contributed by atoms with van der Waals surface area (Å²) in [4.78, 5) is 11.3. The molecule has 2 aromatic carbocycles. The Bertz CT molecular complexity index is 615. The highest BCUT2D eigenvalue weighted by Crippen LogP contribution is 2.27. The van der Waals surface area contributed by atoms with Gasteiger partial charge in [-0.3, -0.25) is 4.79 Å². The lowest BCUT2D eigenvalue weighted by molar-refractivity contribution is -0.137. The van der Waals surface area contributed by atoms with Gasteiger partial charge in [-0.15, -0.1) is 0 Å². The highest BCUT2D eigenvalue weighted by atomic mass is 16.5. The van der Waals surface area contributed by atoms with Crippen molar-refractivity contribution in [3.05, 3.63) is 65.7 Å². The summed E-state index contributed by atoms with van der Waals surface area (Å²) in [6.07, 6.45) is -0.467. The molecule has 3 rings (SSSR count). The largest absolute Gasteiger partial charge is 0.483 e. The first-order valence-electron chi connectivity index (χ1n) is 7.39. The predicted octanol–water partition coefficient (Wildman–Crippen LogP) is 2.63. The first kappa shape index (κ1) is 14.6. The Labute approximate surface area is 130 Å². The molecule has 4 nitrogen and oxygen atoms in total. The standard InChI is InChI=1S/C18H19NO3/c1-13-7-9-15(10-8-13)22-18(14-5-3-2-4-6-14)16-11-19-17(20)12-21-16/h2-10,16,18H,11-12H2,1H3,(H,19,20)/t16-,18+/m1/s1. The van der Waals surface area contributed by atoms with E-state index < -0.39 is 0 Å². The van der Waals surface area contributed by atoms with E-state index in [0.29, 0.717) is 6.54 Å². The van der Waals surface area contributed by atoms with Crippen LogP contribution in [0.25, 0.3) is 0 Å². The lowest BCUT2D eigenvalue weighted by Crippen LogP contribution is -2.46. The molecule has 1 amide bonds. The third-order valence-corrected chi connectivity index (χ3v) is 3.68. The van der Waals surface area contributed by atoms with E-state index in [-0.39, 0.29) is 24.7 Å². The molecule has 0 radical (unpaired) electrons. The Morgan fingerprint density at radius 3 is 2.50 bits per heavy atom. The Kier molecular flexibility index (Phi) is 4.39. The Balaban J connectivity index is 1.82. The monoisotopic (exact) mass is 297 g/mol. The number of carbonyl (C=O) groups excluding carboxylic acids is 1. The molecule has 1 aliphatic heterocycles. The van der Waals surface area contributed by atoms with Gasteiger partial charge in [0.25, 0.3) is 0 Å². The van der Waals surface area contributed by atoms with Crippen LogP contribution in [0.3, 0.4) is 0 Å². The van der Waals surface area contributed by atoms with Gasteiger partial charge >= 0.3 is 0 Å². The lowest BCUT2D eigenvalue weighted by atomic mass is 10.0. The molecule has 1 N–H and O–H groups in total. The van der Waals surface area contributed by atoms with Crippen molar-refractivity contribution in [1.29, 1.82) is 0 Å². The van der Waals surface area contributed by atoms with E-state index in [0.717, 1.165) is 11.3 Å². The third-order valence-electron chi connectivity index (χ3n) is 3.68. The van der Waals surface area contributed by atoms with Gasteiger partial charge < -0.3 is 14.8 Å². The van der Waals surface area contributed by atoms with Crippen LogP contribution in [0.2, 0.25) is 0 Å². The zero-order valence-corrected chi connectivity index (χ0v) is 12.5. The molecule has 2 aromatic rings. The molecule has 1 saturated heterocycles. The summed E-state index contributed by atoms with van der Waals surface area (Å²) >= 11 is 0. The highest BCUT2D eigenvalue weighted by molar-refractivity contribution is 5.77. The van der Waals surface area contributed by atoms with E-state index in [2.05, 4.69) is 5.32 Å². The van der Waals surface area contributed by atoms with E-state index in [1.54, 1.807) is 0 Å². The second-order valence-corrected chi connectivity index (χ2v) is 5.42. The first-order chi connectivity index (χ1) is 10.7. The molecular formula is C18H19NO3. The van der Waals surface area contributed by atoms with Crippen LogP contribution in [0.5, 0.6) is 5.75 Å². The summed E-state index contributed by atoms with van der Waals surface area (Å²) in [5.41, 5.74) is 2.22. The quantitative estimate of drug-likeness (QED) is 0.943. The van der Waals surface area contributed by atoms with Gasteiger partial charge in [0.15, 0.2) is 6.10 Å². The average Bonchev–Trinajstić information content (AvgIpc) is 2.56. The SMILES string of the molecule is Cc1ccc(O[C@@H](c2ccccc2)[C@H]2CNC(=O)CO2)cc1. The topological polar surface area (TPSA) is 47.6 Å². The molecule has 0 bridgehead atoms. The fourth-order valence-electron chi connectivity index (χ4n) is 2.47. The van der Waals surface area contributed by atoms with Gasteiger partial charge in [-0.1, -0.05) is 48.0 Å². The van der Waals surface area contributed by atoms with Gasteiger partial charge in [-0.2, -0.15) is 0 Å². The number of ether oxygens (including phenoxy) is 2. The zero-order valence-electron chi connectivity index (χ0n) is 12.5. The van der Waals surface area contributed by atoms with Gasteiger partial charge in [0.05, 0.1) is 0 Å². The zero-order chi connectivity index (χ0) is 15.4. The van der Waals surface area contributed by atoms with Crippen LogP contribution in [-0.2, 0) is 9.53 Å². The summed E-state index contributed by atoms with van der Waals surface area (Å²) < 4.78 is 11.8. The minimum Gasteiger partial charge on any atom is -0.483 e. The Hall–Kier alpha value is -2.33. The van der Waals surface area contributed by atoms with Crippen molar-refractivity contribution in [3.63, 3.8) is 0 Å². The Morgan fingerprint density at radius 1 is 1.14 bits per heavy atom. The molecule has 0 saturated carbocycles. The number of aryl methyl sites for hydroxylation is 1. The summed E-state index contributed by atoms with van der Waals surface area (Å²) in [6, 6.07) is 17.9. The predicted molar refractivity (Wildman–Crippen MR) is 83.7 cm³/mol. The van der Waals surface area contributed by atoms with Gasteiger partial charge in [0.1, 0.15) is 18.5 Å². The van der Waals surface area contributed by atoms with Crippen molar-refractivity contribution in [2.75, 3.05) is 13.2 Å². The molecule has 0 unspecified atom stereocenters. The fourth-order valence-corrected chi connectivity index (χ4v) is 2.47. The molecule has 114 valence electrons. The smallest absolute Gasteiger partial charge is 0.246 e. The molecule has 4 heteroatoms. The molecule has 0 spiro atoms. The first-order valence-corrected chi connectivity index (χ1v) is 7.39. The van der Waals surface area contributed by atoms with Crippen LogP contribution in [0.4, 0.5) is 0 Å². The average molecular weight is 297 g/mol. The number of hydrogen-bond donors (Lipinski definition) is 1. The van der Waals surface area contributed by atoms with Crippen molar-refractivity contribution in [2.45, 2.75) is 19.1 Å². The molecule has 22 heavy (non-hydrogen) atoms. The third kappa shape index (κ3) is 3.46. The summed E-state index contributed by atoms with van der Waals surface area (Å²) in [6.45, 7) is 2.56. The number of nitrogens with one attached hydrogen (secondary N) is 1. The number of amides is 1. The van der Waals surface area contributed by atoms with Crippen molar-refractivity contribution in [2.24, 2.45) is 0 Å². The van der Waals surface area contributed by atoms with Crippen LogP contribution in [0.15, 0.2) is 54.6 Å². The number of hydrogen-bond acceptors (Lipinski definition) is 3. The second kappa shape index (κ2) is 6.62. The van der Waals surface area contributed by atoms with Crippen LogP contribution >= 0.6 is 0 Å². The van der Waals surface area contributed by atoms with Crippen molar-refractivity contribution in [1.82, 2.24) is 5.32 Å². The summed E-state index contributed by atoms with van der Waals surface area (Å²) in [5.74, 6) is 0.707. The van der Waals surface area contributed by atoms with Gasteiger partial charge in [0.2, 0.25) is 5.91 Å². The van der Waals surface area contributed by atoms with Crippen LogP contribution in [0.1, 0.15) is 17.2 Å². The van der Waals surface area contributed by atoms with E-state index >= 15 is 0 Å². The summed E-state index contributed by atoms with van der Waals surface area (Å²) in [7, 11) is 0. The van der Waals surface area contributed by atoms with E-state index in [1.165, 1.54) is 5.56 Å². The number of rotatable bonds is 4. The van der Waals surface area contributed by atoms with Crippen LogP contribution < -0.4 is 10.1 Å². The number of benzene rings is 2. The molecule has 2 atom stereocenters. The molecule has 1 aliphatic rings. The minimum absolute atomic E-state index is 0.0747. The van der Waals surface area contributed by atoms with Crippen LogP contribution in [0, 0.1) is 6.92 Å². The van der Waals surface area contributed by atoms with E-state index in [4.69, 9.17) is 9.47 Å². The fraction of sp³-hybridized carbons (Fsp3) is 0.278. The van der Waals surface area contributed by atoms with Crippen molar-refractivity contribution < 1.29 is 14.3 Å². The Morgan fingerprint density at radius 2 is 1.86 bits per heavy atom. The molecule has 0 aliphatic carbocycles. The summed E-state index contributed by atoms with van der Waals surface area (Å²) in [5, 5.41) is 2.83. The number of morpholine rings is 1. The number of carbonyl (C=O) groups is 1. The van der Waals surface area contributed by atoms with Crippen molar-refractivity contribution >= 4 is 5.91 Å². The molecule has 1 fully saturated rings. The second-order valence-electron chi connectivity index (χ2n) is 5.42. The maximum atomic E-state index is 11.3. The van der Waals surface area contributed by atoms with Gasteiger partial charge in [-0.05, 0) is 24.6 Å². The van der Waals surface area contributed by atoms with Gasteiger partial charge in [0, 0.05) is 6.54 Å². The van der Waals surface area contributed by atoms with E-state index in [9.17, 15) is 4.79 Å². The normalized spacial score (nSPS) is 19.3. The maximum absolute atomic E-state index is 11.3. The lowest BCUT2D eigenvalue weighted by Gasteiger charge is -2.31. The minimum atomic E-state index is -0.260. The van der Waals surface area contributed by atoms with E-state index in [1.807, 2.05) is 61.5 Å². The maximum Gasteiger partial charge on any atom is 0.246 e. The molecule has 0 aromatic heterocycles. The van der Waals surface area contributed by atoms with Crippen molar-refractivity contribution in [3.8, 4) is 5.75 Å². The van der Waals surface area contributed by atoms with Crippen LogP contribution in [-0.4, -0.2) is 25.2 Å². The molecule has 1 heterocycles.